The van der Waals surface area contributed by atoms with Crippen molar-refractivity contribution in [1.82, 2.24) is 4.90 Å². The molecule has 0 unspecified atom stereocenters. The molecule has 5 nitrogen and oxygen atoms in total. The summed E-state index contributed by atoms with van der Waals surface area (Å²) < 4.78 is 12.4. The van der Waals surface area contributed by atoms with Gasteiger partial charge in [-0.2, -0.15) is 0 Å². The first-order valence-corrected chi connectivity index (χ1v) is 8.21. The largest absolute Gasteiger partial charge is 0.478 e. The summed E-state index contributed by atoms with van der Waals surface area (Å²) in [7, 11) is 4.20. The van der Waals surface area contributed by atoms with E-state index >= 15 is 0 Å². The molecule has 0 atom stereocenters. The number of aromatic carboxylic acids is 1. The number of hydrogen-bond donors (Lipinski definition) is 1. The van der Waals surface area contributed by atoms with Gasteiger partial charge >= 0.3 is 5.97 Å². The number of benzene rings is 1. The molecule has 0 aromatic heterocycles. The van der Waals surface area contributed by atoms with Crippen molar-refractivity contribution >= 4 is 5.97 Å². The lowest BCUT2D eigenvalue weighted by atomic mass is 9.85. The van der Waals surface area contributed by atoms with Crippen molar-refractivity contribution in [3.8, 4) is 11.5 Å². The molecule has 23 heavy (non-hydrogen) atoms. The van der Waals surface area contributed by atoms with E-state index in [1.165, 1.54) is 0 Å². The molecule has 126 valence electrons. The number of carbonyl (C=O) groups is 1. The summed E-state index contributed by atoms with van der Waals surface area (Å²) in [6.07, 6.45) is 3.83. The van der Waals surface area contributed by atoms with Crippen LogP contribution in [0, 0.1) is 19.8 Å². The highest BCUT2D eigenvalue weighted by Crippen LogP contribution is 2.50. The number of aryl methyl sites for hydroxylation is 1. The van der Waals surface area contributed by atoms with Gasteiger partial charge in [0.2, 0.25) is 0 Å². The van der Waals surface area contributed by atoms with E-state index in [2.05, 4.69) is 19.0 Å². The first-order valence-electron chi connectivity index (χ1n) is 8.21. The van der Waals surface area contributed by atoms with Crippen LogP contribution in [0.5, 0.6) is 11.5 Å². The Hall–Kier alpha value is -1.75. The zero-order chi connectivity index (χ0) is 16.8. The number of fused-ring (bicyclic) bond motifs is 1. The van der Waals surface area contributed by atoms with Crippen LogP contribution in [0.25, 0.3) is 0 Å². The Bertz CT molecular complexity index is 630. The number of carboxylic acid groups (broad SMARTS) is 1. The molecule has 1 spiro atoms. The van der Waals surface area contributed by atoms with Gasteiger partial charge in [-0.1, -0.05) is 0 Å². The molecule has 1 saturated carbocycles. The van der Waals surface area contributed by atoms with Gasteiger partial charge in [0.25, 0.3) is 5.79 Å². The van der Waals surface area contributed by atoms with Gasteiger partial charge in [-0.25, -0.2) is 4.79 Å². The molecule has 1 fully saturated rings. The minimum absolute atomic E-state index is 0.295. The molecule has 1 N–H and O–H groups in total. The standard InChI is InChI=1S/C18H25NO4/c1-11-9-14(17(20)21)12(2)16-15(11)22-18(23-16)7-5-13(6-8-18)10-19(3)4/h9,13H,5-8,10H2,1-4H3,(H,20,21). The van der Waals surface area contributed by atoms with Crippen molar-refractivity contribution in [3.63, 3.8) is 0 Å². The van der Waals surface area contributed by atoms with Crippen molar-refractivity contribution in [1.29, 1.82) is 0 Å². The van der Waals surface area contributed by atoms with Crippen molar-refractivity contribution in [2.75, 3.05) is 20.6 Å². The Morgan fingerprint density at radius 1 is 1.26 bits per heavy atom. The molecule has 2 aliphatic rings. The van der Waals surface area contributed by atoms with E-state index in [0.29, 0.717) is 22.8 Å². The highest BCUT2D eigenvalue weighted by Gasteiger charge is 2.46. The second-order valence-corrected chi connectivity index (χ2v) is 7.15. The molecule has 0 amide bonds. The Labute approximate surface area is 137 Å². The van der Waals surface area contributed by atoms with Crippen LogP contribution in [0.4, 0.5) is 0 Å². The number of carboxylic acids is 1. The fourth-order valence-electron chi connectivity index (χ4n) is 3.75. The fraction of sp³-hybridized carbons (Fsp3) is 0.611. The zero-order valence-corrected chi connectivity index (χ0v) is 14.3. The van der Waals surface area contributed by atoms with Gasteiger partial charge in [0.1, 0.15) is 0 Å². The normalized spacial score (nSPS) is 26.0. The zero-order valence-electron chi connectivity index (χ0n) is 14.3. The molecule has 1 aromatic carbocycles. The van der Waals surface area contributed by atoms with Gasteiger partial charge in [0.05, 0.1) is 5.56 Å². The summed E-state index contributed by atoms with van der Waals surface area (Å²) in [4.78, 5) is 13.6. The number of nitrogens with zero attached hydrogens (tertiary/aromatic N) is 1. The summed E-state index contributed by atoms with van der Waals surface area (Å²) in [5, 5.41) is 9.34. The molecule has 1 aliphatic carbocycles. The summed E-state index contributed by atoms with van der Waals surface area (Å²) in [6, 6.07) is 1.68. The molecule has 1 aromatic rings. The second-order valence-electron chi connectivity index (χ2n) is 7.15. The van der Waals surface area contributed by atoms with Gasteiger partial charge in [-0.05, 0) is 58.3 Å². The third-order valence-electron chi connectivity index (χ3n) is 4.97. The molecule has 5 heteroatoms. The predicted octanol–water partition coefficient (Wildman–Crippen LogP) is 3.22. The van der Waals surface area contributed by atoms with Crippen molar-refractivity contribution in [2.45, 2.75) is 45.3 Å². The molecule has 0 saturated heterocycles. The smallest absolute Gasteiger partial charge is 0.336 e. The SMILES string of the molecule is Cc1cc(C(=O)O)c(C)c2c1OC1(CCC(CN(C)C)CC1)O2. The van der Waals surface area contributed by atoms with E-state index in [0.717, 1.165) is 43.5 Å². The first kappa shape index (κ1) is 16.1. The second kappa shape index (κ2) is 5.71. The molecule has 3 rings (SSSR count). The summed E-state index contributed by atoms with van der Waals surface area (Å²) >= 11 is 0. The van der Waals surface area contributed by atoms with Crippen LogP contribution in [0.3, 0.4) is 0 Å². The van der Waals surface area contributed by atoms with E-state index in [1.54, 1.807) is 13.0 Å². The van der Waals surface area contributed by atoms with Crippen molar-refractivity contribution in [3.05, 3.63) is 22.8 Å². The summed E-state index contributed by atoms with van der Waals surface area (Å²) in [5.74, 6) is 0.487. The monoisotopic (exact) mass is 319 g/mol. The molecule has 0 radical (unpaired) electrons. The van der Waals surface area contributed by atoms with Crippen LogP contribution in [0.15, 0.2) is 6.07 Å². The Kier molecular flexibility index (Phi) is 4.00. The molecular weight excluding hydrogens is 294 g/mol. The van der Waals surface area contributed by atoms with E-state index in [4.69, 9.17) is 9.47 Å². The number of ether oxygens (including phenoxy) is 2. The molecule has 1 aliphatic heterocycles. The van der Waals surface area contributed by atoms with Crippen LogP contribution in [-0.2, 0) is 0 Å². The fourth-order valence-corrected chi connectivity index (χ4v) is 3.75. The molecule has 1 heterocycles. The van der Waals surface area contributed by atoms with Crippen LogP contribution >= 0.6 is 0 Å². The maximum absolute atomic E-state index is 11.4. The Morgan fingerprint density at radius 3 is 2.43 bits per heavy atom. The van der Waals surface area contributed by atoms with E-state index in [1.807, 2.05) is 6.92 Å². The average Bonchev–Trinajstić information content (AvgIpc) is 2.85. The van der Waals surface area contributed by atoms with Crippen LogP contribution in [-0.4, -0.2) is 42.4 Å². The van der Waals surface area contributed by atoms with Gasteiger partial charge in [-0.15, -0.1) is 0 Å². The van der Waals surface area contributed by atoms with Crippen molar-refractivity contribution < 1.29 is 19.4 Å². The van der Waals surface area contributed by atoms with Gasteiger partial charge in [-0.3, -0.25) is 0 Å². The Balaban J connectivity index is 1.81. The van der Waals surface area contributed by atoms with E-state index < -0.39 is 11.8 Å². The van der Waals surface area contributed by atoms with Crippen LogP contribution < -0.4 is 9.47 Å². The lowest BCUT2D eigenvalue weighted by molar-refractivity contribution is -0.115. The topological polar surface area (TPSA) is 59.0 Å². The van der Waals surface area contributed by atoms with Gasteiger partial charge < -0.3 is 19.5 Å². The molecule has 0 bridgehead atoms. The van der Waals surface area contributed by atoms with Crippen molar-refractivity contribution in [2.24, 2.45) is 5.92 Å². The van der Waals surface area contributed by atoms with Crippen LogP contribution in [0.2, 0.25) is 0 Å². The summed E-state index contributed by atoms with van der Waals surface area (Å²) in [5.41, 5.74) is 1.78. The molecular formula is C18H25NO4. The quantitative estimate of drug-likeness (QED) is 0.927. The lowest BCUT2D eigenvalue weighted by Crippen LogP contribution is -2.43. The first-order chi connectivity index (χ1) is 10.8. The Morgan fingerprint density at radius 2 is 1.87 bits per heavy atom. The lowest BCUT2D eigenvalue weighted by Gasteiger charge is -2.36. The highest BCUT2D eigenvalue weighted by atomic mass is 16.7. The third-order valence-corrected chi connectivity index (χ3v) is 4.97. The van der Waals surface area contributed by atoms with Gasteiger partial charge in [0.15, 0.2) is 11.5 Å². The maximum atomic E-state index is 11.4. The van der Waals surface area contributed by atoms with Crippen LogP contribution in [0.1, 0.15) is 47.2 Å². The maximum Gasteiger partial charge on any atom is 0.336 e. The van der Waals surface area contributed by atoms with Gasteiger partial charge in [0, 0.05) is 24.9 Å². The minimum Gasteiger partial charge on any atom is -0.478 e. The van der Waals surface area contributed by atoms with E-state index in [9.17, 15) is 9.90 Å². The predicted molar refractivity (Wildman–Crippen MR) is 87.4 cm³/mol. The highest BCUT2D eigenvalue weighted by molar-refractivity contribution is 5.91. The number of hydrogen-bond acceptors (Lipinski definition) is 4. The number of rotatable bonds is 3. The summed E-state index contributed by atoms with van der Waals surface area (Å²) in [6.45, 7) is 4.76. The minimum atomic E-state index is -0.923. The average molecular weight is 319 g/mol. The van der Waals surface area contributed by atoms with E-state index in [-0.39, 0.29) is 0 Å². The third kappa shape index (κ3) is 2.90.